The molecule has 1 fully saturated rings. The third-order valence-electron chi connectivity index (χ3n) is 5.08. The second kappa shape index (κ2) is 9.68. The maximum atomic E-state index is 12.3. The number of carboxylic acid groups (broad SMARTS) is 1. The van der Waals surface area contributed by atoms with Gasteiger partial charge >= 0.3 is 12.1 Å². The molecule has 0 aromatic carbocycles. The molecular weight excluding hydrogens is 444 g/mol. The first-order valence-electron chi connectivity index (χ1n) is 11.1. The SMILES string of the molecule is CC(C)(C)OC(=O)N1CC[C@@H](Oc2cnc3c(n2)c(C(=O)O)cn3COCC[Si](C)(C)C)C1. The Hall–Kier alpha value is -2.66. The Labute approximate surface area is 194 Å². The van der Waals surface area contributed by atoms with Crippen molar-refractivity contribution in [3.8, 4) is 5.88 Å². The van der Waals surface area contributed by atoms with Crippen molar-refractivity contribution in [3.63, 3.8) is 0 Å². The number of hydrogen-bond acceptors (Lipinski definition) is 7. The Balaban J connectivity index is 1.68. The van der Waals surface area contributed by atoms with Gasteiger partial charge in [-0.25, -0.2) is 19.6 Å². The molecule has 0 radical (unpaired) electrons. The Bertz CT molecular complexity index is 1010. The summed E-state index contributed by atoms with van der Waals surface area (Å²) in [6.07, 6.45) is 2.93. The molecule has 2 aromatic rings. The zero-order chi connectivity index (χ0) is 24.4. The van der Waals surface area contributed by atoms with E-state index in [1.54, 1.807) is 9.47 Å². The van der Waals surface area contributed by atoms with Crippen LogP contribution in [-0.4, -0.2) is 76.1 Å². The molecule has 1 aliphatic heterocycles. The van der Waals surface area contributed by atoms with Gasteiger partial charge in [-0.1, -0.05) is 19.6 Å². The van der Waals surface area contributed by atoms with Gasteiger partial charge in [0.15, 0.2) is 5.65 Å². The topological polar surface area (TPSA) is 116 Å². The van der Waals surface area contributed by atoms with Gasteiger partial charge in [0, 0.05) is 33.8 Å². The summed E-state index contributed by atoms with van der Waals surface area (Å²) in [5.41, 5.74) is 0.148. The zero-order valence-corrected chi connectivity index (χ0v) is 21.3. The predicted octanol–water partition coefficient (Wildman–Crippen LogP) is 3.83. The summed E-state index contributed by atoms with van der Waals surface area (Å²) >= 11 is 0. The van der Waals surface area contributed by atoms with Crippen molar-refractivity contribution in [2.75, 3.05) is 19.7 Å². The number of amides is 1. The van der Waals surface area contributed by atoms with Gasteiger partial charge in [-0.15, -0.1) is 0 Å². The van der Waals surface area contributed by atoms with E-state index in [2.05, 4.69) is 29.6 Å². The molecule has 0 bridgehead atoms. The van der Waals surface area contributed by atoms with Crippen molar-refractivity contribution in [1.29, 1.82) is 0 Å². The van der Waals surface area contributed by atoms with Crippen LogP contribution in [0.4, 0.5) is 4.79 Å². The van der Waals surface area contributed by atoms with Crippen molar-refractivity contribution in [3.05, 3.63) is 18.0 Å². The molecule has 0 saturated carbocycles. The molecule has 1 amide bonds. The maximum Gasteiger partial charge on any atom is 0.410 e. The van der Waals surface area contributed by atoms with Crippen LogP contribution in [-0.2, 0) is 16.2 Å². The Morgan fingerprint density at radius 3 is 2.64 bits per heavy atom. The normalized spacial score (nSPS) is 16.9. The number of fused-ring (bicyclic) bond motifs is 1. The molecule has 11 heteroatoms. The van der Waals surface area contributed by atoms with Gasteiger partial charge < -0.3 is 28.8 Å². The summed E-state index contributed by atoms with van der Waals surface area (Å²) in [6.45, 7) is 14.0. The lowest BCUT2D eigenvalue weighted by atomic mass is 10.2. The fraction of sp³-hybridized carbons (Fsp3) is 0.636. The molecule has 1 N–H and O–H groups in total. The summed E-state index contributed by atoms with van der Waals surface area (Å²) in [5.74, 6) is -0.872. The fourth-order valence-corrected chi connectivity index (χ4v) is 4.13. The number of ether oxygens (including phenoxy) is 3. The minimum Gasteiger partial charge on any atom is -0.478 e. The molecule has 1 saturated heterocycles. The van der Waals surface area contributed by atoms with Gasteiger partial charge in [-0.3, -0.25) is 0 Å². The molecule has 2 aromatic heterocycles. The van der Waals surface area contributed by atoms with Crippen LogP contribution in [0.1, 0.15) is 37.6 Å². The van der Waals surface area contributed by atoms with E-state index < -0.39 is 19.6 Å². The number of carboxylic acids is 1. The van der Waals surface area contributed by atoms with Gasteiger partial charge in [0.1, 0.15) is 29.5 Å². The van der Waals surface area contributed by atoms with E-state index in [0.29, 0.717) is 31.8 Å². The summed E-state index contributed by atoms with van der Waals surface area (Å²) in [5, 5.41) is 9.62. The van der Waals surface area contributed by atoms with E-state index in [9.17, 15) is 14.7 Å². The van der Waals surface area contributed by atoms with Crippen LogP contribution < -0.4 is 4.74 Å². The standard InChI is InChI=1S/C22H34N4O6Si/c1-22(2,3)32-21(29)25-8-7-15(12-25)31-17-11-23-19-18(24-17)16(20(27)28)13-26(19)14-30-9-10-33(4,5)6/h11,13,15H,7-10,12,14H2,1-6H3,(H,27,28)/t15-/m1/s1. The lowest BCUT2D eigenvalue weighted by Gasteiger charge is -2.24. The molecule has 1 atom stereocenters. The highest BCUT2D eigenvalue weighted by Crippen LogP contribution is 2.24. The largest absolute Gasteiger partial charge is 0.478 e. The lowest BCUT2D eigenvalue weighted by molar-refractivity contribution is 0.0274. The van der Waals surface area contributed by atoms with Crippen LogP contribution in [0.25, 0.3) is 11.2 Å². The van der Waals surface area contributed by atoms with Gasteiger partial charge in [0.05, 0.1) is 12.7 Å². The molecule has 182 valence electrons. The molecule has 0 unspecified atom stereocenters. The molecular formula is C22H34N4O6Si. The average molecular weight is 479 g/mol. The number of hydrogen-bond donors (Lipinski definition) is 1. The number of nitrogens with zero attached hydrogens (tertiary/aromatic N) is 4. The molecule has 3 heterocycles. The molecule has 33 heavy (non-hydrogen) atoms. The van der Waals surface area contributed by atoms with Crippen LogP contribution >= 0.6 is 0 Å². The highest BCUT2D eigenvalue weighted by molar-refractivity contribution is 6.76. The smallest absolute Gasteiger partial charge is 0.410 e. The monoisotopic (exact) mass is 478 g/mol. The molecule has 10 nitrogen and oxygen atoms in total. The summed E-state index contributed by atoms with van der Waals surface area (Å²) in [4.78, 5) is 34.4. The molecule has 0 aliphatic carbocycles. The Kier molecular flexibility index (Phi) is 7.32. The molecule has 3 rings (SSSR count). The first kappa shape index (κ1) is 25.0. The van der Waals surface area contributed by atoms with Crippen molar-refractivity contribution < 1.29 is 28.9 Å². The molecule has 1 aliphatic rings. The Morgan fingerprint density at radius 2 is 2.00 bits per heavy atom. The number of carbonyl (C=O) groups excluding carboxylic acids is 1. The van der Waals surface area contributed by atoms with E-state index >= 15 is 0 Å². The number of carbonyl (C=O) groups is 2. The van der Waals surface area contributed by atoms with Crippen LogP contribution in [0.5, 0.6) is 5.88 Å². The van der Waals surface area contributed by atoms with Crippen LogP contribution in [0.15, 0.2) is 12.4 Å². The summed E-state index contributed by atoms with van der Waals surface area (Å²) in [6, 6.07) is 1.02. The third-order valence-corrected chi connectivity index (χ3v) is 6.79. The first-order valence-corrected chi connectivity index (χ1v) is 14.8. The number of aromatic nitrogens is 3. The van der Waals surface area contributed by atoms with Crippen LogP contribution in [0.3, 0.4) is 0 Å². The minimum absolute atomic E-state index is 0.0403. The number of likely N-dealkylation sites (tertiary alicyclic amines) is 1. The number of rotatable bonds is 8. The third kappa shape index (κ3) is 6.91. The van der Waals surface area contributed by atoms with Crippen molar-refractivity contribution in [1.82, 2.24) is 19.4 Å². The zero-order valence-electron chi connectivity index (χ0n) is 20.3. The van der Waals surface area contributed by atoms with Crippen molar-refractivity contribution >= 4 is 31.3 Å². The van der Waals surface area contributed by atoms with E-state index in [0.717, 1.165) is 6.04 Å². The fourth-order valence-electron chi connectivity index (χ4n) is 3.38. The van der Waals surface area contributed by atoms with Gasteiger partial charge in [-0.05, 0) is 26.8 Å². The second-order valence-electron chi connectivity index (χ2n) is 10.5. The summed E-state index contributed by atoms with van der Waals surface area (Å²) < 4.78 is 18.7. The quantitative estimate of drug-likeness (QED) is 0.449. The highest BCUT2D eigenvalue weighted by Gasteiger charge is 2.31. The lowest BCUT2D eigenvalue weighted by Crippen LogP contribution is -2.36. The molecule has 0 spiro atoms. The second-order valence-corrected chi connectivity index (χ2v) is 16.1. The van der Waals surface area contributed by atoms with Crippen molar-refractivity contribution in [2.45, 2.75) is 71.3 Å². The van der Waals surface area contributed by atoms with Crippen LogP contribution in [0, 0.1) is 0 Å². The number of aromatic carboxylic acids is 1. The van der Waals surface area contributed by atoms with Gasteiger partial charge in [0.25, 0.3) is 0 Å². The van der Waals surface area contributed by atoms with Gasteiger partial charge in [-0.2, -0.15) is 0 Å². The van der Waals surface area contributed by atoms with Gasteiger partial charge in [0.2, 0.25) is 5.88 Å². The maximum absolute atomic E-state index is 12.3. The van der Waals surface area contributed by atoms with E-state index in [-0.39, 0.29) is 35.9 Å². The van der Waals surface area contributed by atoms with E-state index in [4.69, 9.17) is 14.2 Å². The minimum atomic E-state index is -1.22. The average Bonchev–Trinajstić information content (AvgIpc) is 3.28. The first-order chi connectivity index (χ1) is 15.3. The van der Waals surface area contributed by atoms with Crippen LogP contribution in [0.2, 0.25) is 25.7 Å². The Morgan fingerprint density at radius 1 is 1.27 bits per heavy atom. The highest BCUT2D eigenvalue weighted by atomic mass is 28.3. The van der Waals surface area contributed by atoms with E-state index in [1.165, 1.54) is 12.4 Å². The predicted molar refractivity (Wildman–Crippen MR) is 125 cm³/mol. The van der Waals surface area contributed by atoms with Crippen molar-refractivity contribution in [2.24, 2.45) is 0 Å². The summed E-state index contributed by atoms with van der Waals surface area (Å²) in [7, 11) is -1.22. The van der Waals surface area contributed by atoms with E-state index in [1.807, 2.05) is 20.8 Å².